The van der Waals surface area contributed by atoms with E-state index in [4.69, 9.17) is 12.2 Å². The number of hydrogen-bond acceptors (Lipinski definition) is 1. The minimum atomic E-state index is -0.119. The summed E-state index contributed by atoms with van der Waals surface area (Å²) >= 11 is 5.02. The van der Waals surface area contributed by atoms with Gasteiger partial charge in [-0.15, -0.1) is 23.3 Å². The molecule has 0 atom stereocenters. The average Bonchev–Trinajstić information content (AvgIpc) is 1.49. The van der Waals surface area contributed by atoms with E-state index in [2.05, 4.69) is 10.6 Å². The monoisotopic (exact) mass is 356 g/mol. The van der Waals surface area contributed by atoms with E-state index in [1.165, 1.54) is 0 Å². The minimum Gasteiger partial charge on any atom is -0.690 e. The van der Waals surface area contributed by atoms with E-state index in [1.54, 1.807) is 0 Å². The van der Waals surface area contributed by atoms with Gasteiger partial charge in [-0.25, -0.2) is 0 Å². The van der Waals surface area contributed by atoms with Crippen LogP contribution < -0.4 is 116 Å². The van der Waals surface area contributed by atoms with Crippen LogP contribution in [0.1, 0.15) is 41.5 Å². The van der Waals surface area contributed by atoms with Crippen LogP contribution in [0.2, 0.25) is 0 Å². The molecule has 72 valence electrons. The second-order valence-electron chi connectivity index (χ2n) is 4.85. The van der Waals surface area contributed by atoms with Crippen molar-refractivity contribution in [2.24, 2.45) is 0 Å². The summed E-state index contributed by atoms with van der Waals surface area (Å²) in [4.78, 5) is 0. The predicted molar refractivity (Wildman–Crippen MR) is 58.8 cm³/mol. The summed E-state index contributed by atoms with van der Waals surface area (Å²) in [6, 6.07) is 0. The summed E-state index contributed by atoms with van der Waals surface area (Å²) in [7, 11) is 0. The first-order chi connectivity index (χ1) is 5.10. The standard InChI is InChI=1S/C9H19N2S.2Rb/c1-8(2,3)10-7(12)11-9(4,5)6;;/h1-6H3,(H-,10,11,12);;/q-1;2*+1/p-1. The molecule has 0 spiro atoms. The fourth-order valence-corrected chi connectivity index (χ4v) is 1.15. The quantitative estimate of drug-likeness (QED) is 0.446. The van der Waals surface area contributed by atoms with Gasteiger partial charge in [-0.1, -0.05) is 41.5 Å². The maximum Gasteiger partial charge on any atom is 1.00 e. The molecule has 14 heavy (non-hydrogen) atoms. The maximum absolute atomic E-state index is 5.02. The van der Waals surface area contributed by atoms with Crippen molar-refractivity contribution in [3.8, 4) is 0 Å². The molecule has 0 amide bonds. The van der Waals surface area contributed by atoms with Crippen LogP contribution in [0.15, 0.2) is 0 Å². The molecular weight excluding hydrogens is 339 g/mol. The molecular formula is C9H18N2Rb2S. The van der Waals surface area contributed by atoms with Crippen molar-refractivity contribution in [1.29, 1.82) is 0 Å². The second kappa shape index (κ2) is 9.26. The molecule has 5 heteroatoms. The molecule has 0 saturated carbocycles. The van der Waals surface area contributed by atoms with Crippen molar-refractivity contribution < 1.29 is 116 Å². The van der Waals surface area contributed by atoms with Gasteiger partial charge in [0, 0.05) is 0 Å². The molecule has 0 aromatic carbocycles. The van der Waals surface area contributed by atoms with E-state index in [9.17, 15) is 0 Å². The first kappa shape index (κ1) is 22.5. The van der Waals surface area contributed by atoms with Crippen molar-refractivity contribution in [1.82, 2.24) is 0 Å². The van der Waals surface area contributed by atoms with Gasteiger partial charge < -0.3 is 10.6 Å². The van der Waals surface area contributed by atoms with Gasteiger partial charge in [-0.05, 0) is 0 Å². The molecule has 0 fully saturated rings. The molecule has 0 bridgehead atoms. The number of nitrogens with zero attached hydrogens (tertiary/aromatic N) is 2. The maximum atomic E-state index is 5.02. The molecule has 0 aliphatic carbocycles. The number of rotatable bonds is 0. The summed E-state index contributed by atoms with van der Waals surface area (Å²) in [5.74, 6) is 0. The van der Waals surface area contributed by atoms with Crippen molar-refractivity contribution in [2.45, 2.75) is 52.6 Å². The zero-order chi connectivity index (χ0) is 9.99. The number of thiocarbonyl (C=S) groups is 1. The molecule has 0 aliphatic heterocycles. The zero-order valence-corrected chi connectivity index (χ0v) is 21.5. The van der Waals surface area contributed by atoms with E-state index in [1.807, 2.05) is 41.5 Å². The van der Waals surface area contributed by atoms with Gasteiger partial charge in [0.25, 0.3) is 0 Å². The third-order valence-corrected chi connectivity index (χ3v) is 1.04. The third-order valence-electron chi connectivity index (χ3n) is 0.862. The van der Waals surface area contributed by atoms with Crippen molar-refractivity contribution in [2.75, 3.05) is 0 Å². The fraction of sp³-hybridized carbons (Fsp3) is 0.889. The first-order valence-corrected chi connectivity index (χ1v) is 4.51. The van der Waals surface area contributed by atoms with Crippen LogP contribution in [-0.4, -0.2) is 16.2 Å². The molecule has 0 aromatic rings. The molecule has 2 nitrogen and oxygen atoms in total. The van der Waals surface area contributed by atoms with E-state index < -0.39 is 0 Å². The Morgan fingerprint density at radius 3 is 1.14 bits per heavy atom. The van der Waals surface area contributed by atoms with Gasteiger partial charge >= 0.3 is 116 Å². The molecule has 0 rings (SSSR count). The Bertz CT molecular complexity index is 153. The Kier molecular flexibility index (Phi) is 14.9. The van der Waals surface area contributed by atoms with Crippen molar-refractivity contribution >= 4 is 17.3 Å². The molecule has 0 saturated heterocycles. The molecule has 0 aliphatic rings. The Balaban J connectivity index is -0.000000605. The van der Waals surface area contributed by atoms with E-state index in [0.717, 1.165) is 0 Å². The van der Waals surface area contributed by atoms with Crippen LogP contribution in [0.5, 0.6) is 0 Å². The van der Waals surface area contributed by atoms with Crippen LogP contribution in [-0.2, 0) is 0 Å². The molecule has 0 aromatic heterocycles. The molecule has 0 heterocycles. The van der Waals surface area contributed by atoms with E-state index >= 15 is 0 Å². The summed E-state index contributed by atoms with van der Waals surface area (Å²) in [5.41, 5.74) is -0.238. The first-order valence-electron chi connectivity index (χ1n) is 4.10. The van der Waals surface area contributed by atoms with Crippen LogP contribution in [0, 0.1) is 0 Å². The van der Waals surface area contributed by atoms with Crippen molar-refractivity contribution in [3.05, 3.63) is 10.6 Å². The van der Waals surface area contributed by atoms with Gasteiger partial charge in [-0.2, -0.15) is 5.11 Å². The number of hydrogen-bond donors (Lipinski definition) is 0. The van der Waals surface area contributed by atoms with Gasteiger partial charge in [0.05, 0.1) is 0 Å². The largest absolute Gasteiger partial charge is 1.00 e. The summed E-state index contributed by atoms with van der Waals surface area (Å²) in [6.45, 7) is 12.1. The smallest absolute Gasteiger partial charge is 0.690 e. The summed E-state index contributed by atoms with van der Waals surface area (Å²) in [6.07, 6.45) is 0. The van der Waals surface area contributed by atoms with Gasteiger partial charge in [-0.3, -0.25) is 0 Å². The third kappa shape index (κ3) is 17.7. The van der Waals surface area contributed by atoms with Crippen molar-refractivity contribution in [3.63, 3.8) is 0 Å². The average molecular weight is 357 g/mol. The Morgan fingerprint density at radius 1 is 0.786 bits per heavy atom. The van der Waals surface area contributed by atoms with Crippen LogP contribution in [0.4, 0.5) is 0 Å². The van der Waals surface area contributed by atoms with E-state index in [-0.39, 0.29) is 127 Å². The zero-order valence-electron chi connectivity index (χ0n) is 10.8. The Morgan fingerprint density at radius 2 is 1.00 bits per heavy atom. The molecule has 0 radical (unpaired) electrons. The van der Waals surface area contributed by atoms with Crippen LogP contribution >= 0.6 is 12.2 Å². The Hall–Kier alpha value is 3.30. The SMILES string of the molecule is CC(C)(C)[N-]C(=S)[N-]C(C)(C)C.[Rb+].[Rb+]. The minimum absolute atomic E-state index is 0. The van der Waals surface area contributed by atoms with Crippen LogP contribution in [0.3, 0.4) is 0 Å². The van der Waals surface area contributed by atoms with E-state index in [0.29, 0.717) is 5.11 Å². The summed E-state index contributed by atoms with van der Waals surface area (Å²) in [5, 5.41) is 8.99. The molecule has 0 unspecified atom stereocenters. The van der Waals surface area contributed by atoms with Gasteiger partial charge in [0.15, 0.2) is 0 Å². The predicted octanol–water partition coefficient (Wildman–Crippen LogP) is -2.38. The second-order valence-corrected chi connectivity index (χ2v) is 5.21. The summed E-state index contributed by atoms with van der Waals surface area (Å²) < 4.78 is 0. The molecule has 0 N–H and O–H groups in total. The fourth-order valence-electron chi connectivity index (χ4n) is 0.599. The van der Waals surface area contributed by atoms with Crippen LogP contribution in [0.25, 0.3) is 10.6 Å². The normalized spacial score (nSPS) is 10.7. The van der Waals surface area contributed by atoms with Gasteiger partial charge in [0.2, 0.25) is 0 Å². The van der Waals surface area contributed by atoms with Gasteiger partial charge in [0.1, 0.15) is 0 Å². The topological polar surface area (TPSA) is 28.2 Å². The Labute approximate surface area is 192 Å².